The van der Waals surface area contributed by atoms with Gasteiger partial charge in [0.05, 0.1) is 11.7 Å². The van der Waals surface area contributed by atoms with E-state index in [1.165, 1.54) is 0 Å². The molecule has 1 aliphatic heterocycles. The Hall–Kier alpha value is -4.66. The number of hydrogen-bond acceptors (Lipinski definition) is 3. The Bertz CT molecular complexity index is 1460. The normalized spacial score (nSPS) is 15.6. The van der Waals surface area contributed by atoms with Gasteiger partial charge in [-0.15, -0.1) is 0 Å². The summed E-state index contributed by atoms with van der Waals surface area (Å²) in [6.07, 6.45) is -0.0416. The number of ether oxygens (including phenoxy) is 1. The molecule has 0 aliphatic carbocycles. The second kappa shape index (κ2) is 10.8. The molecule has 0 fully saturated rings. The maximum absolute atomic E-state index is 13.8. The first-order valence-electron chi connectivity index (χ1n) is 12.1. The highest BCUT2D eigenvalue weighted by molar-refractivity contribution is 6.05. The second-order valence-electron chi connectivity index (χ2n) is 9.13. The van der Waals surface area contributed by atoms with E-state index in [4.69, 9.17) is 4.74 Å². The van der Waals surface area contributed by atoms with Crippen LogP contribution in [-0.4, -0.2) is 31.0 Å². The van der Waals surface area contributed by atoms with Crippen LogP contribution in [0.5, 0.6) is 5.75 Å². The number of rotatable bonds is 6. The lowest BCUT2D eigenvalue weighted by Gasteiger charge is -2.39. The number of carbonyl (C=O) groups excluding carboxylic acids is 2. The summed E-state index contributed by atoms with van der Waals surface area (Å²) < 4.78 is 33.1. The van der Waals surface area contributed by atoms with Crippen LogP contribution in [0, 0.1) is 0 Å². The van der Waals surface area contributed by atoms with Gasteiger partial charge in [-0.1, -0.05) is 54.6 Å². The zero-order chi connectivity index (χ0) is 26.5. The summed E-state index contributed by atoms with van der Waals surface area (Å²) in [6, 6.07) is 25.2. The van der Waals surface area contributed by atoms with Crippen molar-refractivity contribution in [3.05, 3.63) is 96.6 Å². The van der Waals surface area contributed by atoms with Crippen molar-refractivity contribution in [3.63, 3.8) is 0 Å². The molecule has 38 heavy (non-hydrogen) atoms. The molecule has 194 valence electrons. The lowest BCUT2D eigenvalue weighted by atomic mass is 9.88. The van der Waals surface area contributed by atoms with Crippen LogP contribution >= 0.6 is 0 Å². The summed E-state index contributed by atoms with van der Waals surface area (Å²) >= 11 is 0. The summed E-state index contributed by atoms with van der Waals surface area (Å²) in [5.74, 6) is 0.348. The Balaban J connectivity index is 1.30. The van der Waals surface area contributed by atoms with Crippen LogP contribution in [0.15, 0.2) is 91.0 Å². The fraction of sp³-hybridized carbons (Fsp3) is 0.172. The molecule has 1 aliphatic rings. The third-order valence-electron chi connectivity index (χ3n) is 6.41. The third-order valence-corrected chi connectivity index (χ3v) is 6.41. The standard InChI is InChI=1S/C29H26F2N4O3/c30-17-29(18-31)16-25(23-10-4-5-12-26(23)38-29)35-28(37)34-24-11-6-7-19-15-21(13-14-22(19)24)33-27(36)32-20-8-2-1-3-9-20/h1-15,25H,16-18H2,(H2,32,33,36)(H2,34,35,37). The first-order valence-corrected chi connectivity index (χ1v) is 12.1. The van der Waals surface area contributed by atoms with Gasteiger partial charge in [0.2, 0.25) is 0 Å². The SMILES string of the molecule is O=C(Nc1ccccc1)Nc1ccc2c(NC(=O)NC3CC(CF)(CF)Oc4ccccc43)cccc2c1. The second-order valence-corrected chi connectivity index (χ2v) is 9.13. The van der Waals surface area contributed by atoms with Crippen LogP contribution in [0.1, 0.15) is 18.0 Å². The van der Waals surface area contributed by atoms with E-state index in [0.29, 0.717) is 28.4 Å². The molecule has 1 heterocycles. The van der Waals surface area contributed by atoms with E-state index in [9.17, 15) is 18.4 Å². The Morgan fingerprint density at radius 1 is 0.789 bits per heavy atom. The number of hydrogen-bond donors (Lipinski definition) is 4. The predicted octanol–water partition coefficient (Wildman–Crippen LogP) is 6.81. The third kappa shape index (κ3) is 5.36. The van der Waals surface area contributed by atoms with E-state index < -0.39 is 31.0 Å². The summed E-state index contributed by atoms with van der Waals surface area (Å²) in [4.78, 5) is 25.3. The smallest absolute Gasteiger partial charge is 0.323 e. The number of urea groups is 2. The molecule has 4 amide bonds. The Kier molecular flexibility index (Phi) is 7.08. The van der Waals surface area contributed by atoms with Crippen LogP contribution in [0.2, 0.25) is 0 Å². The average Bonchev–Trinajstić information content (AvgIpc) is 2.93. The summed E-state index contributed by atoms with van der Waals surface area (Å²) in [6.45, 7) is -2.03. The molecule has 0 bridgehead atoms. The highest BCUT2D eigenvalue weighted by Gasteiger charge is 2.42. The van der Waals surface area contributed by atoms with E-state index >= 15 is 0 Å². The van der Waals surface area contributed by atoms with Gasteiger partial charge >= 0.3 is 12.1 Å². The fourth-order valence-electron chi connectivity index (χ4n) is 4.55. The number of para-hydroxylation sites is 2. The van der Waals surface area contributed by atoms with Gasteiger partial charge < -0.3 is 26.0 Å². The zero-order valence-corrected chi connectivity index (χ0v) is 20.3. The molecule has 1 unspecified atom stereocenters. The molecule has 0 saturated carbocycles. The van der Waals surface area contributed by atoms with Crippen molar-refractivity contribution < 1.29 is 23.1 Å². The van der Waals surface area contributed by atoms with E-state index in [1.54, 1.807) is 66.7 Å². The number of benzene rings is 4. The zero-order valence-electron chi connectivity index (χ0n) is 20.3. The van der Waals surface area contributed by atoms with Gasteiger partial charge in [0.15, 0.2) is 5.60 Å². The summed E-state index contributed by atoms with van der Waals surface area (Å²) in [5, 5.41) is 12.8. The molecule has 0 aromatic heterocycles. The van der Waals surface area contributed by atoms with Gasteiger partial charge in [-0.2, -0.15) is 0 Å². The molecule has 7 nitrogen and oxygen atoms in total. The topological polar surface area (TPSA) is 91.5 Å². The minimum atomic E-state index is -1.64. The Morgan fingerprint density at radius 2 is 1.53 bits per heavy atom. The number of carbonyl (C=O) groups is 2. The molecular weight excluding hydrogens is 490 g/mol. The van der Waals surface area contributed by atoms with Crippen LogP contribution in [0.25, 0.3) is 10.8 Å². The molecule has 4 aromatic carbocycles. The van der Waals surface area contributed by atoms with Crippen molar-refractivity contribution in [2.75, 3.05) is 29.3 Å². The molecule has 4 N–H and O–H groups in total. The molecule has 0 radical (unpaired) electrons. The van der Waals surface area contributed by atoms with Gasteiger partial charge in [0, 0.05) is 28.7 Å². The van der Waals surface area contributed by atoms with Crippen molar-refractivity contribution in [2.24, 2.45) is 0 Å². The fourth-order valence-corrected chi connectivity index (χ4v) is 4.55. The van der Waals surface area contributed by atoms with Crippen molar-refractivity contribution in [1.82, 2.24) is 5.32 Å². The first-order chi connectivity index (χ1) is 18.5. The number of anilines is 3. The maximum Gasteiger partial charge on any atom is 0.323 e. The lowest BCUT2D eigenvalue weighted by molar-refractivity contribution is -0.0105. The number of amides is 4. The summed E-state index contributed by atoms with van der Waals surface area (Å²) in [7, 11) is 0. The van der Waals surface area contributed by atoms with E-state index in [-0.39, 0.29) is 12.5 Å². The van der Waals surface area contributed by atoms with E-state index in [1.807, 2.05) is 24.3 Å². The van der Waals surface area contributed by atoms with Crippen LogP contribution in [-0.2, 0) is 0 Å². The van der Waals surface area contributed by atoms with E-state index in [2.05, 4.69) is 21.3 Å². The minimum absolute atomic E-state index is 0.0416. The summed E-state index contributed by atoms with van der Waals surface area (Å²) in [5.41, 5.74) is 0.818. The molecule has 4 aromatic rings. The van der Waals surface area contributed by atoms with Crippen LogP contribution in [0.3, 0.4) is 0 Å². The quantitative estimate of drug-likeness (QED) is 0.227. The number of nitrogens with one attached hydrogen (secondary N) is 4. The van der Waals surface area contributed by atoms with Crippen LogP contribution in [0.4, 0.5) is 35.4 Å². The van der Waals surface area contributed by atoms with Gasteiger partial charge in [0.25, 0.3) is 0 Å². The molecule has 0 saturated heterocycles. The Labute approximate surface area is 218 Å². The highest BCUT2D eigenvalue weighted by atomic mass is 19.1. The van der Waals surface area contributed by atoms with E-state index in [0.717, 1.165) is 10.8 Å². The van der Waals surface area contributed by atoms with Gasteiger partial charge in [0.1, 0.15) is 19.1 Å². The van der Waals surface area contributed by atoms with Crippen molar-refractivity contribution in [1.29, 1.82) is 0 Å². The number of alkyl halides is 2. The molecule has 5 rings (SSSR count). The maximum atomic E-state index is 13.8. The van der Waals surface area contributed by atoms with Crippen LogP contribution < -0.4 is 26.0 Å². The number of fused-ring (bicyclic) bond motifs is 2. The monoisotopic (exact) mass is 516 g/mol. The molecule has 9 heteroatoms. The van der Waals surface area contributed by atoms with Crippen molar-refractivity contribution in [3.8, 4) is 5.75 Å². The first kappa shape index (κ1) is 25.0. The average molecular weight is 517 g/mol. The number of halogens is 2. The highest BCUT2D eigenvalue weighted by Crippen LogP contribution is 2.40. The predicted molar refractivity (Wildman–Crippen MR) is 144 cm³/mol. The molecular formula is C29H26F2N4O3. The lowest BCUT2D eigenvalue weighted by Crippen LogP contribution is -2.49. The van der Waals surface area contributed by atoms with Crippen molar-refractivity contribution >= 4 is 39.9 Å². The molecule has 0 spiro atoms. The van der Waals surface area contributed by atoms with Gasteiger partial charge in [-0.25, -0.2) is 18.4 Å². The van der Waals surface area contributed by atoms with Gasteiger partial charge in [-0.05, 0) is 41.8 Å². The minimum Gasteiger partial charge on any atom is -0.481 e. The van der Waals surface area contributed by atoms with Gasteiger partial charge in [-0.3, -0.25) is 0 Å². The Morgan fingerprint density at radius 3 is 2.32 bits per heavy atom. The molecule has 1 atom stereocenters. The van der Waals surface area contributed by atoms with Crippen molar-refractivity contribution in [2.45, 2.75) is 18.1 Å². The largest absolute Gasteiger partial charge is 0.481 e.